The maximum absolute atomic E-state index is 11.0. The Kier molecular flexibility index (Phi) is 5.30. The van der Waals surface area contributed by atoms with E-state index in [4.69, 9.17) is 4.74 Å². The van der Waals surface area contributed by atoms with E-state index < -0.39 is 4.92 Å². The molecule has 0 spiro atoms. The molecule has 1 heterocycles. The Morgan fingerprint density at radius 2 is 2.14 bits per heavy atom. The molecule has 112 valence electrons. The molecule has 5 nitrogen and oxygen atoms in total. The first-order valence-corrected chi connectivity index (χ1v) is 7.61. The second-order valence-electron chi connectivity index (χ2n) is 4.59. The smallest absolute Gasteiger partial charge is 0.311 e. The molecule has 0 amide bonds. The number of aryl methyl sites for hydroxylation is 1. The van der Waals surface area contributed by atoms with Gasteiger partial charge in [-0.05, 0) is 35.1 Å². The fraction of sp³-hybridized carbons (Fsp3) is 0.333. The lowest BCUT2D eigenvalue weighted by Crippen LogP contribution is -2.13. The zero-order valence-corrected chi connectivity index (χ0v) is 12.9. The van der Waals surface area contributed by atoms with Crippen molar-refractivity contribution in [1.29, 1.82) is 0 Å². The summed E-state index contributed by atoms with van der Waals surface area (Å²) in [6.45, 7) is 3.50. The van der Waals surface area contributed by atoms with Crippen molar-refractivity contribution in [1.82, 2.24) is 5.32 Å². The van der Waals surface area contributed by atoms with E-state index in [1.165, 1.54) is 17.6 Å². The maximum Gasteiger partial charge on any atom is 0.311 e. The van der Waals surface area contributed by atoms with Crippen LogP contribution in [0.15, 0.2) is 29.6 Å². The highest BCUT2D eigenvalue weighted by Gasteiger charge is 2.14. The van der Waals surface area contributed by atoms with E-state index in [9.17, 15) is 10.1 Å². The second kappa shape index (κ2) is 7.19. The summed E-state index contributed by atoms with van der Waals surface area (Å²) in [6, 6.07) is 7.17. The highest BCUT2D eigenvalue weighted by Crippen LogP contribution is 2.27. The Hall–Kier alpha value is -1.92. The van der Waals surface area contributed by atoms with Crippen molar-refractivity contribution in [3.63, 3.8) is 0 Å². The number of hydrogen-bond donors (Lipinski definition) is 1. The Bertz CT molecular complexity index is 625. The van der Waals surface area contributed by atoms with E-state index in [1.54, 1.807) is 23.5 Å². The van der Waals surface area contributed by atoms with Crippen LogP contribution in [0.1, 0.15) is 22.9 Å². The summed E-state index contributed by atoms with van der Waals surface area (Å²) in [5, 5.41) is 16.4. The molecule has 0 radical (unpaired) electrons. The van der Waals surface area contributed by atoms with Crippen LogP contribution in [0.25, 0.3) is 0 Å². The summed E-state index contributed by atoms with van der Waals surface area (Å²) in [6.07, 6.45) is 1.02. The molecule has 1 aromatic carbocycles. The van der Waals surface area contributed by atoms with Crippen molar-refractivity contribution < 1.29 is 9.66 Å². The number of thiophene rings is 1. The predicted molar refractivity (Wildman–Crippen MR) is 83.9 cm³/mol. The van der Waals surface area contributed by atoms with Crippen LogP contribution in [-0.4, -0.2) is 12.0 Å². The minimum atomic E-state index is -0.420. The summed E-state index contributed by atoms with van der Waals surface area (Å²) in [4.78, 5) is 11.9. The molecule has 1 N–H and O–H groups in total. The molecule has 0 unspecified atom stereocenters. The Morgan fingerprint density at radius 1 is 1.33 bits per heavy atom. The van der Waals surface area contributed by atoms with E-state index in [0.717, 1.165) is 18.5 Å². The number of benzene rings is 1. The summed E-state index contributed by atoms with van der Waals surface area (Å²) in [7, 11) is 1.43. The summed E-state index contributed by atoms with van der Waals surface area (Å²) in [5.74, 6) is 0.287. The van der Waals surface area contributed by atoms with Gasteiger partial charge in [-0.3, -0.25) is 10.1 Å². The zero-order chi connectivity index (χ0) is 15.2. The van der Waals surface area contributed by atoms with Gasteiger partial charge in [0.25, 0.3) is 0 Å². The number of hydrogen-bond acceptors (Lipinski definition) is 5. The second-order valence-corrected chi connectivity index (χ2v) is 5.59. The third-order valence-corrected chi connectivity index (χ3v) is 4.24. The van der Waals surface area contributed by atoms with Gasteiger partial charge in [0.2, 0.25) is 0 Å². The van der Waals surface area contributed by atoms with Gasteiger partial charge in [-0.2, -0.15) is 0 Å². The van der Waals surface area contributed by atoms with Gasteiger partial charge in [0.05, 0.1) is 12.0 Å². The molecule has 0 saturated carbocycles. The quantitative estimate of drug-likeness (QED) is 0.628. The first-order valence-electron chi connectivity index (χ1n) is 6.73. The fourth-order valence-corrected chi connectivity index (χ4v) is 3.09. The van der Waals surface area contributed by atoms with E-state index in [0.29, 0.717) is 6.54 Å². The van der Waals surface area contributed by atoms with Gasteiger partial charge in [-0.25, -0.2) is 0 Å². The van der Waals surface area contributed by atoms with Gasteiger partial charge in [-0.15, -0.1) is 11.3 Å². The minimum absolute atomic E-state index is 0.00201. The van der Waals surface area contributed by atoms with E-state index in [1.807, 2.05) is 6.07 Å². The minimum Gasteiger partial charge on any atom is -0.490 e. The van der Waals surface area contributed by atoms with Crippen LogP contribution in [-0.2, 0) is 19.5 Å². The summed E-state index contributed by atoms with van der Waals surface area (Å²) in [5.41, 5.74) is 2.23. The highest BCUT2D eigenvalue weighted by molar-refractivity contribution is 7.10. The number of nitro benzene ring substituents is 1. The topological polar surface area (TPSA) is 64.4 Å². The van der Waals surface area contributed by atoms with Gasteiger partial charge >= 0.3 is 5.69 Å². The van der Waals surface area contributed by atoms with Gasteiger partial charge in [0, 0.05) is 24.0 Å². The molecular weight excluding hydrogens is 288 g/mol. The molecule has 6 heteroatoms. The maximum atomic E-state index is 11.0. The molecule has 0 aliphatic heterocycles. The van der Waals surface area contributed by atoms with E-state index in [-0.39, 0.29) is 11.4 Å². The average Bonchev–Trinajstić information content (AvgIpc) is 2.94. The normalized spacial score (nSPS) is 10.6. The number of rotatable bonds is 7. The predicted octanol–water partition coefficient (Wildman–Crippen LogP) is 3.52. The molecular formula is C15H18N2O3S. The number of nitrogens with zero attached hydrogens (tertiary/aromatic N) is 1. The first-order chi connectivity index (χ1) is 10.2. The fourth-order valence-electron chi connectivity index (χ4n) is 2.15. The average molecular weight is 306 g/mol. The molecule has 0 saturated heterocycles. The van der Waals surface area contributed by atoms with Crippen molar-refractivity contribution in [3.8, 4) is 5.75 Å². The molecule has 21 heavy (non-hydrogen) atoms. The van der Waals surface area contributed by atoms with Crippen LogP contribution in [0.5, 0.6) is 5.75 Å². The highest BCUT2D eigenvalue weighted by atomic mass is 32.1. The Balaban J connectivity index is 2.00. The largest absolute Gasteiger partial charge is 0.490 e. The van der Waals surface area contributed by atoms with Crippen molar-refractivity contribution in [2.24, 2.45) is 0 Å². The molecule has 0 bridgehead atoms. The molecule has 1 aromatic heterocycles. The molecule has 0 atom stereocenters. The van der Waals surface area contributed by atoms with Gasteiger partial charge in [0.1, 0.15) is 0 Å². The van der Waals surface area contributed by atoms with Crippen LogP contribution in [0.4, 0.5) is 5.69 Å². The zero-order valence-electron chi connectivity index (χ0n) is 12.1. The third-order valence-electron chi connectivity index (χ3n) is 3.27. The van der Waals surface area contributed by atoms with Crippen LogP contribution >= 0.6 is 11.3 Å². The van der Waals surface area contributed by atoms with Gasteiger partial charge in [-0.1, -0.05) is 13.0 Å². The van der Waals surface area contributed by atoms with Gasteiger partial charge in [0.15, 0.2) is 5.75 Å². The Morgan fingerprint density at radius 3 is 2.81 bits per heavy atom. The van der Waals surface area contributed by atoms with E-state index >= 15 is 0 Å². The number of nitrogens with one attached hydrogen (secondary N) is 1. The number of ether oxygens (including phenoxy) is 1. The van der Waals surface area contributed by atoms with Crippen LogP contribution in [0.3, 0.4) is 0 Å². The van der Waals surface area contributed by atoms with Crippen molar-refractivity contribution in [2.75, 3.05) is 7.11 Å². The molecule has 2 aromatic rings. The third kappa shape index (κ3) is 3.80. The molecule has 0 aliphatic carbocycles. The molecule has 0 fully saturated rings. The summed E-state index contributed by atoms with van der Waals surface area (Å²) >= 11 is 1.73. The standard InChI is InChI=1S/C15H18N2O3S/c1-3-12-6-7-21-15(12)10-16-9-11-4-5-14(20-2)13(8-11)17(18)19/h4-8,16H,3,9-10H2,1-2H3. The van der Waals surface area contributed by atoms with Crippen LogP contribution < -0.4 is 10.1 Å². The number of methoxy groups -OCH3 is 1. The lowest BCUT2D eigenvalue weighted by molar-refractivity contribution is -0.385. The Labute approximate surface area is 127 Å². The lowest BCUT2D eigenvalue weighted by Gasteiger charge is -2.07. The summed E-state index contributed by atoms with van der Waals surface area (Å²) < 4.78 is 4.99. The molecule has 2 rings (SSSR count). The van der Waals surface area contributed by atoms with Crippen LogP contribution in [0, 0.1) is 10.1 Å². The molecule has 0 aliphatic rings. The SMILES string of the molecule is CCc1ccsc1CNCc1ccc(OC)c([N+](=O)[O-])c1. The van der Waals surface area contributed by atoms with Crippen molar-refractivity contribution >= 4 is 17.0 Å². The van der Waals surface area contributed by atoms with Crippen molar-refractivity contribution in [2.45, 2.75) is 26.4 Å². The lowest BCUT2D eigenvalue weighted by atomic mass is 10.1. The van der Waals surface area contributed by atoms with E-state index in [2.05, 4.69) is 23.7 Å². The monoisotopic (exact) mass is 306 g/mol. The van der Waals surface area contributed by atoms with Crippen LogP contribution in [0.2, 0.25) is 0 Å². The number of nitro groups is 1. The van der Waals surface area contributed by atoms with Gasteiger partial charge < -0.3 is 10.1 Å². The first kappa shape index (κ1) is 15.5. The van der Waals surface area contributed by atoms with Crippen molar-refractivity contribution in [3.05, 3.63) is 55.8 Å².